The van der Waals surface area contributed by atoms with Crippen LogP contribution >= 0.6 is 0 Å². The van der Waals surface area contributed by atoms with Gasteiger partial charge in [0.15, 0.2) is 18.3 Å². The lowest BCUT2D eigenvalue weighted by molar-refractivity contribution is -0.342. The molecule has 0 saturated carbocycles. The Labute approximate surface area is 241 Å². The maximum atomic E-state index is 12.1. The van der Waals surface area contributed by atoms with E-state index >= 15 is 0 Å². The molecule has 0 aromatic rings. The van der Waals surface area contributed by atoms with Crippen molar-refractivity contribution >= 4 is 35.8 Å². The van der Waals surface area contributed by atoms with Gasteiger partial charge in [-0.25, -0.2) is 0 Å². The molecule has 3 aliphatic rings. The van der Waals surface area contributed by atoms with Crippen LogP contribution in [0.3, 0.4) is 0 Å². The Bertz CT molecular complexity index is 1130. The van der Waals surface area contributed by atoms with E-state index in [1.54, 1.807) is 12.2 Å². The molecule has 0 N–H and O–H groups in total. The summed E-state index contributed by atoms with van der Waals surface area (Å²) in [6.45, 7) is 6.34. The molecule has 0 spiro atoms. The molecular weight excluding hydrogens is 564 g/mol. The van der Waals surface area contributed by atoms with E-state index in [4.69, 9.17) is 42.6 Å². The Hall–Kier alpha value is -3.98. The van der Waals surface area contributed by atoms with E-state index in [0.717, 1.165) is 27.7 Å². The van der Waals surface area contributed by atoms with E-state index in [2.05, 4.69) is 0 Å². The molecule has 0 radical (unpaired) electrons. The molecule has 0 amide bonds. The molecule has 0 aromatic heterocycles. The van der Waals surface area contributed by atoms with Crippen LogP contribution in [-0.2, 0) is 71.4 Å². The number of fused-ring (bicyclic) bond motifs is 1. The molecule has 2 heterocycles. The summed E-state index contributed by atoms with van der Waals surface area (Å²) in [5.41, 5.74) is 0.515. The summed E-state index contributed by atoms with van der Waals surface area (Å²) in [5, 5.41) is 0. The molecule has 232 valence electrons. The zero-order valence-corrected chi connectivity index (χ0v) is 24.0. The van der Waals surface area contributed by atoms with Crippen LogP contribution in [0.1, 0.15) is 41.5 Å². The Morgan fingerprint density at radius 2 is 1.26 bits per heavy atom. The van der Waals surface area contributed by atoms with Gasteiger partial charge in [-0.3, -0.25) is 28.8 Å². The van der Waals surface area contributed by atoms with Gasteiger partial charge < -0.3 is 42.6 Å². The predicted molar refractivity (Wildman–Crippen MR) is 134 cm³/mol. The Morgan fingerprint density at radius 1 is 0.690 bits per heavy atom. The van der Waals surface area contributed by atoms with Crippen LogP contribution < -0.4 is 0 Å². The summed E-state index contributed by atoms with van der Waals surface area (Å²) in [4.78, 5) is 71.1. The van der Waals surface area contributed by atoms with Crippen LogP contribution in [0.2, 0.25) is 0 Å². The highest BCUT2D eigenvalue weighted by Crippen LogP contribution is 2.43. The van der Waals surface area contributed by atoms with Gasteiger partial charge in [0.1, 0.15) is 25.4 Å². The number of ether oxygens (including phenoxy) is 9. The fraction of sp³-hybridized carbons (Fsp3) is 0.630. The second kappa shape index (κ2) is 14.3. The molecule has 42 heavy (non-hydrogen) atoms. The van der Waals surface area contributed by atoms with Crippen molar-refractivity contribution in [1.29, 1.82) is 0 Å². The predicted octanol–water partition coefficient (Wildman–Crippen LogP) is 0.623. The van der Waals surface area contributed by atoms with Crippen LogP contribution in [0, 0.1) is 11.8 Å². The minimum atomic E-state index is -1.52. The first-order chi connectivity index (χ1) is 19.8. The SMILES string of the molecule is CC(=O)OCC1=C[C@@H](OC(C)=O)[C@@H]2C=CO[C@@H](O[C@H]3O[C@H](COC(C)=O)[C@@H](OC(C)=O)[C@H](OC(C)=O)[C@H]3OC(C)=O)[C@H]12. The third kappa shape index (κ3) is 8.52. The van der Waals surface area contributed by atoms with Crippen molar-refractivity contribution < 1.29 is 71.4 Å². The highest BCUT2D eigenvalue weighted by Gasteiger charge is 2.55. The van der Waals surface area contributed by atoms with E-state index in [1.807, 2.05) is 0 Å². The lowest BCUT2D eigenvalue weighted by Gasteiger charge is -2.45. The molecule has 1 saturated heterocycles. The van der Waals surface area contributed by atoms with Gasteiger partial charge in [0.2, 0.25) is 12.6 Å². The van der Waals surface area contributed by atoms with Crippen LogP contribution in [-0.4, -0.2) is 92.1 Å². The largest absolute Gasteiger partial charge is 0.472 e. The summed E-state index contributed by atoms with van der Waals surface area (Å²) in [5.74, 6) is -5.31. The summed E-state index contributed by atoms with van der Waals surface area (Å²) in [6.07, 6.45) is -4.37. The monoisotopic (exact) mass is 598 g/mol. The van der Waals surface area contributed by atoms with Crippen molar-refractivity contribution in [3.8, 4) is 0 Å². The minimum absolute atomic E-state index is 0.163. The summed E-state index contributed by atoms with van der Waals surface area (Å²) in [7, 11) is 0. The van der Waals surface area contributed by atoms with Crippen molar-refractivity contribution in [2.45, 2.75) is 84.6 Å². The van der Waals surface area contributed by atoms with Crippen molar-refractivity contribution in [2.24, 2.45) is 11.8 Å². The number of esters is 6. The topological polar surface area (TPSA) is 185 Å². The van der Waals surface area contributed by atoms with Crippen molar-refractivity contribution in [3.05, 3.63) is 24.0 Å². The van der Waals surface area contributed by atoms with Gasteiger partial charge in [0.05, 0.1) is 12.2 Å². The van der Waals surface area contributed by atoms with E-state index in [0.29, 0.717) is 5.57 Å². The zero-order chi connectivity index (χ0) is 31.1. The summed E-state index contributed by atoms with van der Waals surface area (Å²) in [6, 6.07) is 0. The fourth-order valence-electron chi connectivity index (χ4n) is 4.95. The molecule has 0 unspecified atom stereocenters. The standard InChI is InChI=1S/C27H34O15/c1-12(28)35-10-18-9-20(37-14(3)30)19-7-8-34-26(22(18)19)42-27-25(40-17(6)33)24(39-16(5)32)23(38-15(4)31)21(41-27)11-36-13(2)29/h7-9,19-27H,10-11H2,1-6H3/t19-,20+,21+,22+,23+,24-,25+,26-,27+/m0/s1. The summed E-state index contributed by atoms with van der Waals surface area (Å²) < 4.78 is 49.9. The van der Waals surface area contributed by atoms with Crippen LogP contribution in [0.4, 0.5) is 0 Å². The second-order valence-corrected chi connectivity index (χ2v) is 9.74. The smallest absolute Gasteiger partial charge is 0.303 e. The average Bonchev–Trinajstić information content (AvgIpc) is 3.22. The minimum Gasteiger partial charge on any atom is -0.472 e. The van der Waals surface area contributed by atoms with Gasteiger partial charge in [0.25, 0.3) is 0 Å². The first kappa shape index (κ1) is 32.5. The third-order valence-electron chi connectivity index (χ3n) is 6.37. The molecule has 0 aromatic carbocycles. The van der Waals surface area contributed by atoms with Crippen LogP contribution in [0.15, 0.2) is 24.0 Å². The number of rotatable bonds is 10. The van der Waals surface area contributed by atoms with E-state index in [-0.39, 0.29) is 6.61 Å². The maximum absolute atomic E-state index is 12.1. The maximum Gasteiger partial charge on any atom is 0.303 e. The van der Waals surface area contributed by atoms with Crippen molar-refractivity contribution in [1.82, 2.24) is 0 Å². The number of hydrogen-bond donors (Lipinski definition) is 0. The Morgan fingerprint density at radius 3 is 1.83 bits per heavy atom. The first-order valence-electron chi connectivity index (χ1n) is 13.1. The highest BCUT2D eigenvalue weighted by atomic mass is 16.8. The average molecular weight is 599 g/mol. The van der Waals surface area contributed by atoms with Gasteiger partial charge in [-0.05, 0) is 17.7 Å². The van der Waals surface area contributed by atoms with Gasteiger partial charge in [-0.15, -0.1) is 0 Å². The number of hydrogen-bond acceptors (Lipinski definition) is 15. The first-order valence-corrected chi connectivity index (χ1v) is 13.1. The molecular formula is C27H34O15. The van der Waals surface area contributed by atoms with Gasteiger partial charge in [-0.2, -0.15) is 0 Å². The van der Waals surface area contributed by atoms with E-state index in [1.165, 1.54) is 20.1 Å². The molecule has 9 atom stereocenters. The highest BCUT2D eigenvalue weighted by molar-refractivity contribution is 5.69. The molecule has 2 aliphatic heterocycles. The van der Waals surface area contributed by atoms with Crippen molar-refractivity contribution in [3.63, 3.8) is 0 Å². The second-order valence-electron chi connectivity index (χ2n) is 9.74. The molecule has 3 rings (SSSR count). The van der Waals surface area contributed by atoms with Gasteiger partial charge in [0, 0.05) is 47.5 Å². The number of carbonyl (C=O) groups is 6. The lowest BCUT2D eigenvalue weighted by atomic mass is 9.88. The van der Waals surface area contributed by atoms with Gasteiger partial charge in [-0.1, -0.05) is 0 Å². The van der Waals surface area contributed by atoms with Crippen LogP contribution in [0.5, 0.6) is 0 Å². The lowest BCUT2D eigenvalue weighted by Crippen LogP contribution is -2.63. The van der Waals surface area contributed by atoms with E-state index < -0.39 is 97.4 Å². The molecule has 1 aliphatic carbocycles. The Balaban J connectivity index is 1.99. The molecule has 15 heteroatoms. The molecule has 1 fully saturated rings. The van der Waals surface area contributed by atoms with Crippen LogP contribution in [0.25, 0.3) is 0 Å². The molecule has 15 nitrogen and oxygen atoms in total. The molecule has 0 bridgehead atoms. The van der Waals surface area contributed by atoms with E-state index in [9.17, 15) is 28.8 Å². The van der Waals surface area contributed by atoms with Gasteiger partial charge >= 0.3 is 35.8 Å². The third-order valence-corrected chi connectivity index (χ3v) is 6.37. The normalized spacial score (nSPS) is 31.4. The van der Waals surface area contributed by atoms with Crippen molar-refractivity contribution in [2.75, 3.05) is 13.2 Å². The quantitative estimate of drug-likeness (QED) is 0.193. The number of carbonyl (C=O) groups excluding carboxylic acids is 6. The fourth-order valence-corrected chi connectivity index (χ4v) is 4.95. The zero-order valence-electron chi connectivity index (χ0n) is 24.0. The Kier molecular flexibility index (Phi) is 11.1. The summed E-state index contributed by atoms with van der Waals surface area (Å²) >= 11 is 0.